The number of aromatic nitrogens is 2. The molecule has 1 aromatic heterocycles. The van der Waals surface area contributed by atoms with Crippen LogP contribution in [0, 0.1) is 10.1 Å². The van der Waals surface area contributed by atoms with E-state index >= 15 is 0 Å². The van der Waals surface area contributed by atoms with Gasteiger partial charge in [-0.2, -0.15) is 0 Å². The first-order valence-corrected chi connectivity index (χ1v) is 12.6. The molecular weight excluding hydrogens is 524 g/mol. The van der Waals surface area contributed by atoms with E-state index in [4.69, 9.17) is 26.1 Å². The maximum absolute atomic E-state index is 13.9. The van der Waals surface area contributed by atoms with Gasteiger partial charge >= 0.3 is 0 Å². The lowest BCUT2D eigenvalue weighted by atomic mass is 10.1. The molecule has 0 aliphatic rings. The zero-order valence-corrected chi connectivity index (χ0v) is 22.4. The lowest BCUT2D eigenvalue weighted by Crippen LogP contribution is -2.39. The highest BCUT2D eigenvalue weighted by atomic mass is 35.5. The molecule has 0 spiro atoms. The van der Waals surface area contributed by atoms with Crippen molar-refractivity contribution < 1.29 is 19.2 Å². The molecule has 4 rings (SSSR count). The minimum atomic E-state index is -0.745. The fourth-order valence-corrected chi connectivity index (χ4v) is 4.58. The van der Waals surface area contributed by atoms with Gasteiger partial charge in [0.1, 0.15) is 11.6 Å². The Labute approximate surface area is 229 Å². The molecule has 1 amide bonds. The molecule has 0 aliphatic heterocycles. The Morgan fingerprint density at radius 1 is 1.15 bits per heavy atom. The number of non-ortho nitro benzene ring substituents is 1. The van der Waals surface area contributed by atoms with Gasteiger partial charge in [0.15, 0.2) is 0 Å². The fourth-order valence-electron chi connectivity index (χ4n) is 4.33. The largest absolute Gasteiger partial charge is 0.492 e. The minimum absolute atomic E-state index is 0.0608. The molecule has 3 aromatic carbocycles. The summed E-state index contributed by atoms with van der Waals surface area (Å²) in [5, 5.41) is 11.5. The van der Waals surface area contributed by atoms with E-state index < -0.39 is 16.9 Å². The molecular formula is C28H27ClN4O6. The quantitative estimate of drug-likeness (QED) is 0.197. The van der Waals surface area contributed by atoms with Crippen molar-refractivity contribution in [3.05, 3.63) is 104 Å². The Bertz CT molecular complexity index is 1590. The second-order valence-electron chi connectivity index (χ2n) is 8.62. The second kappa shape index (κ2) is 12.1. The Balaban J connectivity index is 1.92. The van der Waals surface area contributed by atoms with Crippen molar-refractivity contribution in [3.8, 4) is 11.4 Å². The van der Waals surface area contributed by atoms with Crippen LogP contribution in [0.1, 0.15) is 36.1 Å². The molecule has 1 heterocycles. The van der Waals surface area contributed by atoms with Gasteiger partial charge in [0, 0.05) is 25.8 Å². The van der Waals surface area contributed by atoms with Crippen molar-refractivity contribution in [3.63, 3.8) is 0 Å². The summed E-state index contributed by atoms with van der Waals surface area (Å²) >= 11 is 6.31. The SMILES string of the molecule is CCOc1ccccc1-n1c(C(C)N(CCOC)C(=O)c2ccc([N+](=O)[O-])cc2Cl)nc2ccccc2c1=O. The number of rotatable bonds is 10. The van der Waals surface area contributed by atoms with Gasteiger partial charge in [-0.25, -0.2) is 4.98 Å². The third kappa shape index (κ3) is 5.62. The Kier molecular flexibility index (Phi) is 8.58. The average Bonchev–Trinajstić information content (AvgIpc) is 2.93. The van der Waals surface area contributed by atoms with Gasteiger partial charge in [-0.15, -0.1) is 0 Å². The number of ether oxygens (including phenoxy) is 2. The van der Waals surface area contributed by atoms with E-state index in [1.807, 2.05) is 13.0 Å². The standard InChI is InChI=1S/C28H27ClN4O6/c1-4-39-25-12-8-7-11-24(25)32-26(30-23-10-6-5-9-21(23)28(32)35)18(2)31(15-16-38-3)27(34)20-14-13-19(33(36)37)17-22(20)29/h5-14,17-18H,4,15-16H2,1-3H3. The van der Waals surface area contributed by atoms with Gasteiger partial charge in [-0.05, 0) is 44.2 Å². The van der Waals surface area contributed by atoms with Gasteiger partial charge < -0.3 is 14.4 Å². The van der Waals surface area contributed by atoms with Gasteiger partial charge in [0.25, 0.3) is 17.2 Å². The van der Waals surface area contributed by atoms with Crippen molar-refractivity contribution in [2.45, 2.75) is 19.9 Å². The first-order chi connectivity index (χ1) is 18.8. The summed E-state index contributed by atoms with van der Waals surface area (Å²) in [7, 11) is 1.51. The molecule has 39 heavy (non-hydrogen) atoms. The number of amides is 1. The summed E-state index contributed by atoms with van der Waals surface area (Å²) in [4.78, 5) is 44.6. The summed E-state index contributed by atoms with van der Waals surface area (Å²) in [5.74, 6) is 0.292. The number of nitrogens with zero attached hydrogens (tertiary/aromatic N) is 4. The van der Waals surface area contributed by atoms with Crippen LogP contribution in [-0.4, -0.2) is 52.1 Å². The normalized spacial score (nSPS) is 11.8. The minimum Gasteiger partial charge on any atom is -0.492 e. The van der Waals surface area contributed by atoms with Crippen LogP contribution in [0.3, 0.4) is 0 Å². The summed E-state index contributed by atoms with van der Waals surface area (Å²) in [6.07, 6.45) is 0. The summed E-state index contributed by atoms with van der Waals surface area (Å²) in [6.45, 7) is 4.31. The van der Waals surface area contributed by atoms with Crippen LogP contribution in [0.5, 0.6) is 5.75 Å². The molecule has 10 nitrogen and oxygen atoms in total. The second-order valence-corrected chi connectivity index (χ2v) is 9.02. The lowest BCUT2D eigenvalue weighted by Gasteiger charge is -2.31. The van der Waals surface area contributed by atoms with E-state index in [-0.39, 0.29) is 35.0 Å². The molecule has 0 saturated carbocycles. The topological polar surface area (TPSA) is 117 Å². The predicted molar refractivity (Wildman–Crippen MR) is 148 cm³/mol. The average molecular weight is 551 g/mol. The number of carbonyl (C=O) groups is 1. The molecule has 0 fully saturated rings. The summed E-state index contributed by atoms with van der Waals surface area (Å²) in [6, 6.07) is 17.0. The van der Waals surface area contributed by atoms with Crippen molar-refractivity contribution in [1.82, 2.24) is 14.5 Å². The predicted octanol–water partition coefficient (Wildman–Crippen LogP) is 5.20. The molecule has 4 aromatic rings. The van der Waals surface area contributed by atoms with Gasteiger partial charge in [-0.3, -0.25) is 24.3 Å². The maximum Gasteiger partial charge on any atom is 0.270 e. The number of nitro benzene ring substituents is 1. The van der Waals surface area contributed by atoms with Crippen molar-refractivity contribution >= 4 is 34.1 Å². The number of halogens is 1. The maximum atomic E-state index is 13.9. The Hall–Kier alpha value is -4.28. The van der Waals surface area contributed by atoms with Gasteiger partial charge in [0.2, 0.25) is 0 Å². The molecule has 1 atom stereocenters. The van der Waals surface area contributed by atoms with Crippen LogP contribution in [0.25, 0.3) is 16.6 Å². The number of para-hydroxylation sites is 3. The highest BCUT2D eigenvalue weighted by Crippen LogP contribution is 2.30. The lowest BCUT2D eigenvalue weighted by molar-refractivity contribution is -0.384. The van der Waals surface area contributed by atoms with Gasteiger partial charge in [-0.1, -0.05) is 35.9 Å². The van der Waals surface area contributed by atoms with Crippen LogP contribution >= 0.6 is 11.6 Å². The first kappa shape index (κ1) is 27.7. The number of methoxy groups -OCH3 is 1. The number of fused-ring (bicyclic) bond motifs is 1. The van der Waals surface area contributed by atoms with Crippen LogP contribution in [-0.2, 0) is 4.74 Å². The summed E-state index contributed by atoms with van der Waals surface area (Å²) < 4.78 is 12.5. The van der Waals surface area contributed by atoms with Gasteiger partial charge in [0.05, 0.1) is 51.4 Å². The van der Waals surface area contributed by atoms with Crippen LogP contribution in [0.15, 0.2) is 71.5 Å². The Morgan fingerprint density at radius 3 is 2.56 bits per heavy atom. The molecule has 1 unspecified atom stereocenters. The number of nitro groups is 1. The number of hydrogen-bond acceptors (Lipinski definition) is 7. The van der Waals surface area contributed by atoms with Crippen LogP contribution in [0.4, 0.5) is 5.69 Å². The van der Waals surface area contributed by atoms with Crippen LogP contribution in [0.2, 0.25) is 5.02 Å². The van der Waals surface area contributed by atoms with Crippen molar-refractivity contribution in [1.29, 1.82) is 0 Å². The van der Waals surface area contributed by atoms with E-state index in [2.05, 4.69) is 0 Å². The zero-order valence-electron chi connectivity index (χ0n) is 21.7. The van der Waals surface area contributed by atoms with Crippen molar-refractivity contribution in [2.75, 3.05) is 26.9 Å². The Morgan fingerprint density at radius 2 is 1.87 bits per heavy atom. The highest BCUT2D eigenvalue weighted by molar-refractivity contribution is 6.34. The smallest absolute Gasteiger partial charge is 0.270 e. The van der Waals surface area contributed by atoms with E-state index in [1.165, 1.54) is 28.7 Å². The van der Waals surface area contributed by atoms with E-state index in [1.54, 1.807) is 49.4 Å². The number of hydrogen-bond donors (Lipinski definition) is 0. The third-order valence-corrected chi connectivity index (χ3v) is 6.55. The van der Waals surface area contributed by atoms with E-state index in [9.17, 15) is 19.7 Å². The van der Waals surface area contributed by atoms with Crippen LogP contribution < -0.4 is 10.3 Å². The molecule has 0 saturated heterocycles. The third-order valence-electron chi connectivity index (χ3n) is 6.24. The van der Waals surface area contributed by atoms with Crippen molar-refractivity contribution in [2.24, 2.45) is 0 Å². The van der Waals surface area contributed by atoms with E-state index in [0.717, 1.165) is 6.07 Å². The zero-order chi connectivity index (χ0) is 28.1. The highest BCUT2D eigenvalue weighted by Gasteiger charge is 2.30. The summed E-state index contributed by atoms with van der Waals surface area (Å²) in [5.41, 5.74) is 0.487. The number of carbonyl (C=O) groups excluding carboxylic acids is 1. The molecule has 11 heteroatoms. The molecule has 202 valence electrons. The molecule has 0 bridgehead atoms. The molecule has 0 N–H and O–H groups in total. The van der Waals surface area contributed by atoms with E-state index in [0.29, 0.717) is 34.8 Å². The molecule has 0 aliphatic carbocycles. The monoisotopic (exact) mass is 550 g/mol. The fraction of sp³-hybridized carbons (Fsp3) is 0.250. The molecule has 0 radical (unpaired) electrons. The number of benzene rings is 3. The first-order valence-electron chi connectivity index (χ1n) is 12.3.